The fourth-order valence-electron chi connectivity index (χ4n) is 8.62. The monoisotopic (exact) mass is 618 g/mol. The molecular formula is C38H54N2O5. The topological polar surface area (TPSA) is 77.9 Å². The first-order valence-corrected chi connectivity index (χ1v) is 17.1. The number of aliphatic hydroxyl groups is 2. The van der Waals surface area contributed by atoms with Crippen molar-refractivity contribution in [1.82, 2.24) is 9.80 Å². The zero-order valence-electron chi connectivity index (χ0n) is 28.3. The summed E-state index contributed by atoms with van der Waals surface area (Å²) in [5.74, 6) is 3.04. The van der Waals surface area contributed by atoms with Gasteiger partial charge in [-0.1, -0.05) is 39.3 Å². The fraction of sp³-hybridized carbons (Fsp3) is 0.632. The van der Waals surface area contributed by atoms with Gasteiger partial charge in [0.05, 0.1) is 33.5 Å². The molecule has 7 heteroatoms. The number of benzene rings is 2. The van der Waals surface area contributed by atoms with Gasteiger partial charge in [-0.15, -0.1) is 0 Å². The van der Waals surface area contributed by atoms with Crippen molar-refractivity contribution in [1.29, 1.82) is 0 Å². The zero-order chi connectivity index (χ0) is 31.9. The molecule has 246 valence electrons. The van der Waals surface area contributed by atoms with Gasteiger partial charge in [0.1, 0.15) is 17.1 Å². The summed E-state index contributed by atoms with van der Waals surface area (Å²) in [7, 11) is 3.35. The Kier molecular flexibility index (Phi) is 9.66. The maximum Gasteiger partial charge on any atom is 0.124 e. The van der Waals surface area contributed by atoms with Gasteiger partial charge in [0.2, 0.25) is 0 Å². The third-order valence-corrected chi connectivity index (χ3v) is 10.6. The summed E-state index contributed by atoms with van der Waals surface area (Å²) in [6.07, 6.45) is 9.53. The van der Waals surface area contributed by atoms with Crippen molar-refractivity contribution in [3.05, 3.63) is 69.3 Å². The van der Waals surface area contributed by atoms with Crippen LogP contribution in [0.1, 0.15) is 98.8 Å². The Morgan fingerprint density at radius 2 is 1.44 bits per heavy atom. The van der Waals surface area contributed by atoms with Crippen LogP contribution >= 0.6 is 0 Å². The molecule has 2 unspecified atom stereocenters. The molecule has 2 aromatic carbocycles. The summed E-state index contributed by atoms with van der Waals surface area (Å²) >= 11 is 0. The van der Waals surface area contributed by atoms with Crippen LogP contribution in [0.3, 0.4) is 0 Å². The maximum atomic E-state index is 9.63. The van der Waals surface area contributed by atoms with E-state index in [0.29, 0.717) is 24.1 Å². The maximum absolute atomic E-state index is 9.63. The quantitative estimate of drug-likeness (QED) is 0.272. The molecule has 2 fully saturated rings. The van der Waals surface area contributed by atoms with Crippen molar-refractivity contribution < 1.29 is 24.4 Å². The number of epoxide rings is 1. The van der Waals surface area contributed by atoms with Gasteiger partial charge in [-0.3, -0.25) is 9.80 Å². The number of fused-ring (bicyclic) bond motifs is 7. The van der Waals surface area contributed by atoms with Gasteiger partial charge in [0.25, 0.3) is 0 Å². The van der Waals surface area contributed by atoms with Gasteiger partial charge in [0.15, 0.2) is 0 Å². The van der Waals surface area contributed by atoms with E-state index >= 15 is 0 Å². The molecule has 45 heavy (non-hydrogen) atoms. The summed E-state index contributed by atoms with van der Waals surface area (Å²) in [6.45, 7) is 13.6. The van der Waals surface area contributed by atoms with Gasteiger partial charge in [-0.2, -0.15) is 0 Å². The Balaban J connectivity index is 0.000000159. The average Bonchev–Trinajstić information content (AvgIpc) is 3.73. The Morgan fingerprint density at radius 3 is 2.00 bits per heavy atom. The number of hydrogen-bond donors (Lipinski definition) is 2. The lowest BCUT2D eigenvalue weighted by Gasteiger charge is -2.42. The summed E-state index contributed by atoms with van der Waals surface area (Å²) in [4.78, 5) is 5.20. The van der Waals surface area contributed by atoms with Gasteiger partial charge >= 0.3 is 0 Å². The van der Waals surface area contributed by atoms with Crippen LogP contribution < -0.4 is 9.47 Å². The lowest BCUT2D eigenvalue weighted by atomic mass is 9.80. The first-order chi connectivity index (χ1) is 21.7. The van der Waals surface area contributed by atoms with E-state index in [1.54, 1.807) is 19.8 Å². The second-order valence-corrected chi connectivity index (χ2v) is 14.7. The molecule has 0 radical (unpaired) electrons. The molecule has 2 aromatic rings. The summed E-state index contributed by atoms with van der Waals surface area (Å²) < 4.78 is 17.0. The molecule has 7 nitrogen and oxygen atoms in total. The Morgan fingerprint density at radius 1 is 0.844 bits per heavy atom. The van der Waals surface area contributed by atoms with Gasteiger partial charge in [-0.25, -0.2) is 0 Å². The van der Waals surface area contributed by atoms with Gasteiger partial charge in [0, 0.05) is 49.4 Å². The molecule has 2 saturated heterocycles. The summed E-state index contributed by atoms with van der Waals surface area (Å²) in [5, 5.41) is 19.2. The van der Waals surface area contributed by atoms with E-state index in [4.69, 9.17) is 14.2 Å². The SMILES string of the molecule is COc1cc2c(cc1CO)[C@H]1CC3OC3(CC(C)C)CN1CC2.COc1cc2c(cc1CO)[C@H]1CC=C(CC(C)C)CN1CC2. The number of rotatable bonds is 8. The second-order valence-electron chi connectivity index (χ2n) is 14.7. The molecule has 0 aromatic heterocycles. The van der Waals surface area contributed by atoms with E-state index in [0.717, 1.165) is 86.8 Å². The lowest BCUT2D eigenvalue weighted by Crippen LogP contribution is -2.47. The normalized spacial score (nSPS) is 26.9. The molecule has 5 aliphatic heterocycles. The van der Waals surface area contributed by atoms with Crippen LogP contribution in [0.25, 0.3) is 0 Å². The molecular weight excluding hydrogens is 564 g/mol. The highest BCUT2D eigenvalue weighted by molar-refractivity contribution is 5.47. The smallest absolute Gasteiger partial charge is 0.124 e. The van der Waals surface area contributed by atoms with Crippen molar-refractivity contribution in [2.75, 3.05) is 40.4 Å². The standard InChI is InChI=1S/C19H27NO3.C19H27NO2/c1-12(2)9-19-11-20-5-4-13-7-17(22-3)14(10-21)6-15(13)16(20)8-18(19)23-19;1-13(2)8-14-4-5-18-17-9-16(12-21)19(22-3)10-15(17)6-7-20(18)11-14/h6-7,12,16,18,21H,4-5,8-11H2,1-3H3;4,9-10,13,18,21H,5-8,11-12H2,1-3H3/t16-,18?,19?;18-/m11/s1. The number of hydrogen-bond acceptors (Lipinski definition) is 7. The highest BCUT2D eigenvalue weighted by atomic mass is 16.6. The van der Waals surface area contributed by atoms with E-state index in [-0.39, 0.29) is 18.8 Å². The first-order valence-electron chi connectivity index (χ1n) is 17.1. The molecule has 2 N–H and O–H groups in total. The summed E-state index contributed by atoms with van der Waals surface area (Å²) in [6, 6.07) is 9.47. The Labute approximate surface area is 270 Å². The van der Waals surface area contributed by atoms with E-state index < -0.39 is 0 Å². The highest BCUT2D eigenvalue weighted by Gasteiger charge is 2.61. The number of aliphatic hydroxyl groups excluding tert-OH is 2. The minimum absolute atomic E-state index is 0.0282. The van der Waals surface area contributed by atoms with Gasteiger partial charge in [-0.05, 0) is 96.9 Å². The lowest BCUT2D eigenvalue weighted by molar-refractivity contribution is 0.112. The van der Waals surface area contributed by atoms with E-state index in [2.05, 4.69) is 67.8 Å². The van der Waals surface area contributed by atoms with Crippen LogP contribution in [0.4, 0.5) is 0 Å². The number of ether oxygens (including phenoxy) is 3. The summed E-state index contributed by atoms with van der Waals surface area (Å²) in [5.41, 5.74) is 9.02. The minimum Gasteiger partial charge on any atom is -0.496 e. The van der Waals surface area contributed by atoms with Crippen molar-refractivity contribution >= 4 is 0 Å². The number of methoxy groups -OCH3 is 2. The average molecular weight is 619 g/mol. The first kappa shape index (κ1) is 32.5. The van der Waals surface area contributed by atoms with Crippen LogP contribution in [-0.2, 0) is 30.8 Å². The zero-order valence-corrected chi connectivity index (χ0v) is 28.3. The van der Waals surface area contributed by atoms with E-state index in [1.807, 2.05) is 0 Å². The predicted octanol–water partition coefficient (Wildman–Crippen LogP) is 6.14. The van der Waals surface area contributed by atoms with Gasteiger partial charge < -0.3 is 24.4 Å². The molecule has 7 rings (SSSR count). The van der Waals surface area contributed by atoms with E-state index in [9.17, 15) is 10.2 Å². The van der Waals surface area contributed by atoms with Crippen molar-refractivity contribution in [3.63, 3.8) is 0 Å². The van der Waals surface area contributed by atoms with Crippen LogP contribution in [0, 0.1) is 11.8 Å². The van der Waals surface area contributed by atoms with Crippen LogP contribution in [0.15, 0.2) is 35.9 Å². The molecule has 4 atom stereocenters. The van der Waals surface area contributed by atoms with Crippen LogP contribution in [0.5, 0.6) is 11.5 Å². The Hall–Kier alpha value is -2.42. The predicted molar refractivity (Wildman–Crippen MR) is 178 cm³/mol. The molecule has 0 saturated carbocycles. The number of nitrogens with zero attached hydrogens (tertiary/aromatic N) is 2. The van der Waals surface area contributed by atoms with Crippen molar-refractivity contribution in [2.24, 2.45) is 11.8 Å². The molecule has 0 spiro atoms. The molecule has 0 amide bonds. The second kappa shape index (κ2) is 13.4. The highest BCUT2D eigenvalue weighted by Crippen LogP contribution is 2.54. The molecule has 0 bridgehead atoms. The number of piperidine rings is 1. The van der Waals surface area contributed by atoms with Crippen molar-refractivity contribution in [2.45, 2.75) is 103 Å². The van der Waals surface area contributed by atoms with E-state index in [1.165, 1.54) is 28.7 Å². The van der Waals surface area contributed by atoms with Crippen molar-refractivity contribution in [3.8, 4) is 11.5 Å². The third kappa shape index (κ3) is 6.57. The Bertz CT molecular complexity index is 1400. The van der Waals surface area contributed by atoms with Crippen LogP contribution in [-0.4, -0.2) is 72.1 Å². The largest absolute Gasteiger partial charge is 0.496 e. The fourth-order valence-corrected chi connectivity index (χ4v) is 8.62. The molecule has 0 aliphatic carbocycles. The van der Waals surface area contributed by atoms with Crippen LogP contribution in [0.2, 0.25) is 0 Å². The molecule has 5 heterocycles. The third-order valence-electron chi connectivity index (χ3n) is 10.6. The molecule has 5 aliphatic rings. The minimum atomic E-state index is 0.0282.